The molecule has 0 aliphatic carbocycles. The van der Waals surface area contributed by atoms with Gasteiger partial charge in [0.05, 0.1) is 5.69 Å². The van der Waals surface area contributed by atoms with Crippen LogP contribution in [0.5, 0.6) is 0 Å². The highest BCUT2D eigenvalue weighted by Crippen LogP contribution is 2.08. The summed E-state index contributed by atoms with van der Waals surface area (Å²) in [6.45, 7) is 2.36. The highest BCUT2D eigenvalue weighted by atomic mass is 15.1. The first-order valence-corrected chi connectivity index (χ1v) is 4.63. The molecule has 0 unspecified atom stereocenters. The molecule has 0 N–H and O–H groups in total. The Morgan fingerprint density at radius 2 is 2.15 bits per heavy atom. The van der Waals surface area contributed by atoms with E-state index in [1.54, 1.807) is 12.5 Å². The second-order valence-electron chi connectivity index (χ2n) is 3.19. The van der Waals surface area contributed by atoms with Gasteiger partial charge in [-0.05, 0) is 25.0 Å². The van der Waals surface area contributed by atoms with Gasteiger partial charge in [-0.25, -0.2) is 9.97 Å². The van der Waals surface area contributed by atoms with Gasteiger partial charge in [0.15, 0.2) is 0 Å². The molecule has 2 rings (SSSR count). The van der Waals surface area contributed by atoms with E-state index < -0.39 is 0 Å². The molecule has 68 valence electrons. The van der Waals surface area contributed by atoms with Gasteiger partial charge >= 0.3 is 0 Å². The molecular weight excluding hydrogens is 162 g/mol. The van der Waals surface area contributed by atoms with Crippen molar-refractivity contribution in [2.75, 3.05) is 13.1 Å². The molecule has 1 aliphatic rings. The van der Waals surface area contributed by atoms with Crippen molar-refractivity contribution in [1.29, 1.82) is 0 Å². The first-order chi connectivity index (χ1) is 6.45. The van der Waals surface area contributed by atoms with Crippen LogP contribution in [0.3, 0.4) is 0 Å². The van der Waals surface area contributed by atoms with Gasteiger partial charge in [0.2, 0.25) is 0 Å². The van der Waals surface area contributed by atoms with Crippen LogP contribution in [0.1, 0.15) is 18.5 Å². The molecular formula is C10H13N3. The Balaban J connectivity index is 1.97. The van der Waals surface area contributed by atoms with Crippen LogP contribution < -0.4 is 0 Å². The molecule has 3 heteroatoms. The average Bonchev–Trinajstić information content (AvgIpc) is 2.69. The van der Waals surface area contributed by atoms with Crippen molar-refractivity contribution in [3.63, 3.8) is 0 Å². The predicted molar refractivity (Wildman–Crippen MR) is 51.9 cm³/mol. The van der Waals surface area contributed by atoms with Crippen LogP contribution in [0.4, 0.5) is 0 Å². The predicted octanol–water partition coefficient (Wildman–Crippen LogP) is 1.54. The van der Waals surface area contributed by atoms with Gasteiger partial charge in [0, 0.05) is 25.5 Å². The van der Waals surface area contributed by atoms with Crippen LogP contribution in [0, 0.1) is 0 Å². The Labute approximate surface area is 78.1 Å². The average molecular weight is 175 g/mol. The summed E-state index contributed by atoms with van der Waals surface area (Å²) in [5, 5.41) is 0. The van der Waals surface area contributed by atoms with Crippen LogP contribution in [-0.4, -0.2) is 28.0 Å². The van der Waals surface area contributed by atoms with Crippen molar-refractivity contribution in [2.45, 2.75) is 12.8 Å². The highest BCUT2D eigenvalue weighted by Gasteiger charge is 2.05. The van der Waals surface area contributed by atoms with E-state index in [1.807, 2.05) is 12.1 Å². The molecule has 1 aromatic rings. The normalized spacial score (nSPS) is 17.1. The lowest BCUT2D eigenvalue weighted by molar-refractivity contribution is 0.471. The minimum atomic E-state index is 0.974. The van der Waals surface area contributed by atoms with Gasteiger partial charge in [-0.15, -0.1) is 0 Å². The molecule has 2 heterocycles. The van der Waals surface area contributed by atoms with Crippen LogP contribution in [-0.2, 0) is 0 Å². The Morgan fingerprint density at radius 1 is 1.31 bits per heavy atom. The number of nitrogens with zero attached hydrogens (tertiary/aromatic N) is 3. The number of rotatable bonds is 2. The third-order valence-electron chi connectivity index (χ3n) is 2.20. The number of hydrogen-bond donors (Lipinski definition) is 0. The van der Waals surface area contributed by atoms with Crippen LogP contribution in [0.25, 0.3) is 6.08 Å². The summed E-state index contributed by atoms with van der Waals surface area (Å²) < 4.78 is 0. The number of hydrogen-bond acceptors (Lipinski definition) is 3. The molecule has 0 saturated carbocycles. The minimum Gasteiger partial charge on any atom is -0.377 e. The van der Waals surface area contributed by atoms with E-state index in [2.05, 4.69) is 21.1 Å². The van der Waals surface area contributed by atoms with Gasteiger partial charge in [0.25, 0.3) is 0 Å². The third-order valence-corrected chi connectivity index (χ3v) is 2.20. The Hall–Kier alpha value is -1.38. The van der Waals surface area contributed by atoms with E-state index >= 15 is 0 Å². The van der Waals surface area contributed by atoms with E-state index in [9.17, 15) is 0 Å². The van der Waals surface area contributed by atoms with Gasteiger partial charge in [-0.2, -0.15) is 0 Å². The molecule has 1 saturated heterocycles. The standard InChI is InChI=1S/C10H13N3/c1-2-7-13(6-1)8-4-10-3-5-11-9-12-10/h3-5,8-9H,1-2,6-7H2. The minimum absolute atomic E-state index is 0.974. The lowest BCUT2D eigenvalue weighted by Gasteiger charge is -2.09. The van der Waals surface area contributed by atoms with Crippen LogP contribution in [0.2, 0.25) is 0 Å². The van der Waals surface area contributed by atoms with Crippen molar-refractivity contribution in [3.8, 4) is 0 Å². The maximum absolute atomic E-state index is 4.12. The maximum Gasteiger partial charge on any atom is 0.115 e. The fourth-order valence-corrected chi connectivity index (χ4v) is 1.47. The topological polar surface area (TPSA) is 29.0 Å². The number of aromatic nitrogens is 2. The molecule has 0 aromatic carbocycles. The molecule has 1 aromatic heterocycles. The summed E-state index contributed by atoms with van der Waals surface area (Å²) in [7, 11) is 0. The summed E-state index contributed by atoms with van der Waals surface area (Å²) in [5.74, 6) is 0. The maximum atomic E-state index is 4.12. The fraction of sp³-hybridized carbons (Fsp3) is 0.400. The molecule has 1 aliphatic heterocycles. The van der Waals surface area contributed by atoms with Crippen molar-refractivity contribution >= 4 is 6.08 Å². The van der Waals surface area contributed by atoms with Crippen molar-refractivity contribution in [3.05, 3.63) is 30.5 Å². The molecule has 13 heavy (non-hydrogen) atoms. The van der Waals surface area contributed by atoms with E-state index in [1.165, 1.54) is 25.9 Å². The summed E-state index contributed by atoms with van der Waals surface area (Å²) in [6, 6.07) is 1.91. The zero-order chi connectivity index (χ0) is 8.93. The summed E-state index contributed by atoms with van der Waals surface area (Å²) in [5.41, 5.74) is 0.974. The smallest absolute Gasteiger partial charge is 0.115 e. The SMILES string of the molecule is C(=CN1CCCC1)c1ccncn1. The third kappa shape index (κ3) is 2.28. The van der Waals surface area contributed by atoms with Gasteiger partial charge in [-0.1, -0.05) is 0 Å². The second-order valence-corrected chi connectivity index (χ2v) is 3.19. The summed E-state index contributed by atoms with van der Waals surface area (Å²) >= 11 is 0. The van der Waals surface area contributed by atoms with E-state index in [-0.39, 0.29) is 0 Å². The molecule has 0 atom stereocenters. The molecule has 1 fully saturated rings. The Kier molecular flexibility index (Phi) is 2.55. The van der Waals surface area contributed by atoms with Crippen LogP contribution in [0.15, 0.2) is 24.8 Å². The van der Waals surface area contributed by atoms with Gasteiger partial charge in [0.1, 0.15) is 6.33 Å². The molecule has 0 radical (unpaired) electrons. The highest BCUT2D eigenvalue weighted by molar-refractivity contribution is 5.42. The van der Waals surface area contributed by atoms with Crippen molar-refractivity contribution in [1.82, 2.24) is 14.9 Å². The van der Waals surface area contributed by atoms with E-state index in [0.29, 0.717) is 0 Å². The van der Waals surface area contributed by atoms with Crippen molar-refractivity contribution in [2.24, 2.45) is 0 Å². The molecule has 0 bridgehead atoms. The fourth-order valence-electron chi connectivity index (χ4n) is 1.47. The zero-order valence-corrected chi connectivity index (χ0v) is 7.56. The lowest BCUT2D eigenvalue weighted by atomic mass is 10.4. The van der Waals surface area contributed by atoms with Crippen LogP contribution >= 0.6 is 0 Å². The molecule has 0 spiro atoms. The van der Waals surface area contributed by atoms with E-state index in [0.717, 1.165) is 5.69 Å². The summed E-state index contributed by atoms with van der Waals surface area (Å²) in [6.07, 6.45) is 10.1. The summed E-state index contributed by atoms with van der Waals surface area (Å²) in [4.78, 5) is 10.3. The zero-order valence-electron chi connectivity index (χ0n) is 7.56. The first kappa shape index (κ1) is 8.23. The van der Waals surface area contributed by atoms with Crippen molar-refractivity contribution < 1.29 is 0 Å². The monoisotopic (exact) mass is 175 g/mol. The van der Waals surface area contributed by atoms with E-state index in [4.69, 9.17) is 0 Å². The lowest BCUT2D eigenvalue weighted by Crippen LogP contribution is -2.09. The Bertz CT molecular complexity index is 275. The quantitative estimate of drug-likeness (QED) is 0.682. The molecule has 3 nitrogen and oxygen atoms in total. The Morgan fingerprint density at radius 3 is 2.85 bits per heavy atom. The first-order valence-electron chi connectivity index (χ1n) is 4.63. The van der Waals surface area contributed by atoms with Gasteiger partial charge < -0.3 is 4.90 Å². The largest absolute Gasteiger partial charge is 0.377 e. The number of likely N-dealkylation sites (tertiary alicyclic amines) is 1. The van der Waals surface area contributed by atoms with Gasteiger partial charge in [-0.3, -0.25) is 0 Å². The molecule has 0 amide bonds. The second kappa shape index (κ2) is 4.03.